The molecule has 0 bridgehead atoms. The molecule has 3 nitrogen and oxygen atoms in total. The lowest BCUT2D eigenvalue weighted by molar-refractivity contribution is -0.182. The predicted molar refractivity (Wildman–Crippen MR) is 67.9 cm³/mol. The molecule has 0 aromatic heterocycles. The van der Waals surface area contributed by atoms with Gasteiger partial charge in [0.05, 0.1) is 13.2 Å². The van der Waals surface area contributed by atoms with Crippen LogP contribution in [0.3, 0.4) is 0 Å². The van der Waals surface area contributed by atoms with Crippen molar-refractivity contribution >= 4 is 11.8 Å². The Morgan fingerprint density at radius 2 is 2.06 bits per heavy atom. The Morgan fingerprint density at radius 1 is 1.31 bits per heavy atom. The summed E-state index contributed by atoms with van der Waals surface area (Å²) in [5.41, 5.74) is 0. The summed E-state index contributed by atoms with van der Waals surface area (Å²) in [6.45, 7) is 9.90. The second-order valence-corrected chi connectivity index (χ2v) is 7.00. The number of rotatable bonds is 3. The number of ether oxygens (including phenoxy) is 2. The van der Waals surface area contributed by atoms with Crippen LogP contribution in [0.4, 0.5) is 0 Å². The van der Waals surface area contributed by atoms with E-state index in [9.17, 15) is 0 Å². The van der Waals surface area contributed by atoms with Crippen LogP contribution in [-0.4, -0.2) is 54.5 Å². The third-order valence-corrected chi connectivity index (χ3v) is 4.38. The van der Waals surface area contributed by atoms with Gasteiger partial charge >= 0.3 is 0 Å². The van der Waals surface area contributed by atoms with E-state index in [-0.39, 0.29) is 6.29 Å². The van der Waals surface area contributed by atoms with Crippen molar-refractivity contribution < 1.29 is 9.47 Å². The average Bonchev–Trinajstić information content (AvgIpc) is 2.27. The standard InChI is InChI=1S/C12H23NO2S/c1-12(2)10-13(6-9-16-12)5-4-11-14-7-3-8-15-11/h11H,3-10H2,1-2H3. The molecule has 0 aromatic carbocycles. The summed E-state index contributed by atoms with van der Waals surface area (Å²) in [7, 11) is 0. The van der Waals surface area contributed by atoms with E-state index in [0.717, 1.165) is 32.6 Å². The molecule has 16 heavy (non-hydrogen) atoms. The van der Waals surface area contributed by atoms with Gasteiger partial charge in [-0.05, 0) is 20.3 Å². The summed E-state index contributed by atoms with van der Waals surface area (Å²) in [6, 6.07) is 0. The van der Waals surface area contributed by atoms with Crippen molar-refractivity contribution in [3.05, 3.63) is 0 Å². The minimum absolute atomic E-state index is 0.0476. The van der Waals surface area contributed by atoms with E-state index in [1.165, 1.54) is 18.8 Å². The van der Waals surface area contributed by atoms with Gasteiger partial charge in [0.15, 0.2) is 6.29 Å². The van der Waals surface area contributed by atoms with Crippen LogP contribution < -0.4 is 0 Å². The van der Waals surface area contributed by atoms with Crippen LogP contribution in [0, 0.1) is 0 Å². The van der Waals surface area contributed by atoms with Crippen molar-refractivity contribution in [2.45, 2.75) is 37.7 Å². The third kappa shape index (κ3) is 3.91. The molecule has 0 radical (unpaired) electrons. The van der Waals surface area contributed by atoms with Crippen LogP contribution in [0.2, 0.25) is 0 Å². The highest BCUT2D eigenvalue weighted by Crippen LogP contribution is 2.29. The molecule has 0 spiro atoms. The van der Waals surface area contributed by atoms with E-state index in [0.29, 0.717) is 4.75 Å². The highest BCUT2D eigenvalue weighted by molar-refractivity contribution is 8.00. The van der Waals surface area contributed by atoms with Gasteiger partial charge in [-0.25, -0.2) is 0 Å². The molecule has 2 aliphatic heterocycles. The maximum absolute atomic E-state index is 5.57. The van der Waals surface area contributed by atoms with Gasteiger partial charge in [0.1, 0.15) is 0 Å². The molecular formula is C12H23NO2S. The van der Waals surface area contributed by atoms with Crippen molar-refractivity contribution in [1.29, 1.82) is 0 Å². The van der Waals surface area contributed by atoms with E-state index in [4.69, 9.17) is 9.47 Å². The second kappa shape index (κ2) is 5.71. The van der Waals surface area contributed by atoms with Gasteiger partial charge in [0, 0.05) is 36.6 Å². The Kier molecular flexibility index (Phi) is 4.53. The highest BCUT2D eigenvalue weighted by Gasteiger charge is 2.27. The summed E-state index contributed by atoms with van der Waals surface area (Å²) in [4.78, 5) is 2.54. The molecule has 2 saturated heterocycles. The van der Waals surface area contributed by atoms with Gasteiger partial charge in [-0.2, -0.15) is 11.8 Å². The summed E-state index contributed by atoms with van der Waals surface area (Å²) < 4.78 is 11.5. The molecule has 0 aromatic rings. The zero-order valence-electron chi connectivity index (χ0n) is 10.4. The Labute approximate surface area is 103 Å². The Morgan fingerprint density at radius 3 is 2.75 bits per heavy atom. The molecule has 4 heteroatoms. The topological polar surface area (TPSA) is 21.7 Å². The fourth-order valence-electron chi connectivity index (χ4n) is 2.30. The van der Waals surface area contributed by atoms with E-state index >= 15 is 0 Å². The molecule has 2 aliphatic rings. The van der Waals surface area contributed by atoms with Crippen molar-refractivity contribution in [2.24, 2.45) is 0 Å². The zero-order chi connectivity index (χ0) is 11.4. The van der Waals surface area contributed by atoms with Crippen molar-refractivity contribution in [1.82, 2.24) is 4.90 Å². The third-order valence-electron chi connectivity index (χ3n) is 3.08. The first kappa shape index (κ1) is 12.7. The summed E-state index contributed by atoms with van der Waals surface area (Å²) >= 11 is 2.08. The van der Waals surface area contributed by atoms with Crippen LogP contribution in [0.1, 0.15) is 26.7 Å². The number of hydrogen-bond acceptors (Lipinski definition) is 4. The molecule has 94 valence electrons. The SMILES string of the molecule is CC1(C)CN(CCC2OCCCO2)CCS1. The van der Waals surface area contributed by atoms with Gasteiger partial charge in [-0.3, -0.25) is 0 Å². The van der Waals surface area contributed by atoms with E-state index in [1.807, 2.05) is 0 Å². The minimum Gasteiger partial charge on any atom is -0.353 e. The molecule has 0 aliphatic carbocycles. The smallest absolute Gasteiger partial charge is 0.158 e. The second-order valence-electron chi connectivity index (χ2n) is 5.20. The molecule has 0 unspecified atom stereocenters. The van der Waals surface area contributed by atoms with Gasteiger partial charge in [0.2, 0.25) is 0 Å². The summed E-state index contributed by atoms with van der Waals surface area (Å²) in [5, 5.41) is 0. The average molecular weight is 245 g/mol. The van der Waals surface area contributed by atoms with Crippen LogP contribution in [-0.2, 0) is 9.47 Å². The first-order valence-electron chi connectivity index (χ1n) is 6.25. The van der Waals surface area contributed by atoms with Gasteiger partial charge in [-0.1, -0.05) is 0 Å². The molecule has 2 rings (SSSR count). The highest BCUT2D eigenvalue weighted by atomic mass is 32.2. The Bertz CT molecular complexity index is 217. The molecule has 0 amide bonds. The first-order valence-corrected chi connectivity index (χ1v) is 7.24. The molecule has 2 heterocycles. The Balaban J connectivity index is 1.68. The lowest BCUT2D eigenvalue weighted by Crippen LogP contribution is -2.44. The largest absolute Gasteiger partial charge is 0.353 e. The van der Waals surface area contributed by atoms with Crippen LogP contribution >= 0.6 is 11.8 Å². The molecule has 0 atom stereocenters. The molecule has 0 N–H and O–H groups in total. The molecular weight excluding hydrogens is 222 g/mol. The van der Waals surface area contributed by atoms with Crippen LogP contribution in [0.25, 0.3) is 0 Å². The van der Waals surface area contributed by atoms with E-state index in [2.05, 4.69) is 30.5 Å². The predicted octanol–water partition coefficient (Wildman–Crippen LogP) is 1.97. The minimum atomic E-state index is 0.0476. The van der Waals surface area contributed by atoms with Gasteiger partial charge < -0.3 is 14.4 Å². The maximum Gasteiger partial charge on any atom is 0.158 e. The normalized spacial score (nSPS) is 28.1. The van der Waals surface area contributed by atoms with Gasteiger partial charge in [-0.15, -0.1) is 0 Å². The molecule has 2 fully saturated rings. The van der Waals surface area contributed by atoms with E-state index in [1.54, 1.807) is 0 Å². The van der Waals surface area contributed by atoms with Gasteiger partial charge in [0.25, 0.3) is 0 Å². The summed E-state index contributed by atoms with van der Waals surface area (Å²) in [5.74, 6) is 1.25. The van der Waals surface area contributed by atoms with Crippen LogP contribution in [0.15, 0.2) is 0 Å². The zero-order valence-corrected chi connectivity index (χ0v) is 11.2. The fourth-order valence-corrected chi connectivity index (χ4v) is 3.47. The number of nitrogens with zero attached hydrogens (tertiary/aromatic N) is 1. The van der Waals surface area contributed by atoms with Crippen LogP contribution in [0.5, 0.6) is 0 Å². The number of thioether (sulfide) groups is 1. The number of hydrogen-bond donors (Lipinski definition) is 0. The lowest BCUT2D eigenvalue weighted by Gasteiger charge is -2.38. The lowest BCUT2D eigenvalue weighted by atomic mass is 10.2. The maximum atomic E-state index is 5.57. The van der Waals surface area contributed by atoms with E-state index < -0.39 is 0 Å². The fraction of sp³-hybridized carbons (Fsp3) is 1.00. The van der Waals surface area contributed by atoms with Crippen molar-refractivity contribution in [3.8, 4) is 0 Å². The monoisotopic (exact) mass is 245 g/mol. The molecule has 0 saturated carbocycles. The summed E-state index contributed by atoms with van der Waals surface area (Å²) in [6.07, 6.45) is 2.11. The quantitative estimate of drug-likeness (QED) is 0.758. The van der Waals surface area contributed by atoms with Crippen molar-refractivity contribution in [3.63, 3.8) is 0 Å². The van der Waals surface area contributed by atoms with Crippen molar-refractivity contribution in [2.75, 3.05) is 38.6 Å². The Hall–Kier alpha value is 0.230. The first-order chi connectivity index (χ1) is 7.66.